The Morgan fingerprint density at radius 3 is 1.60 bits per heavy atom. The molecule has 73 heavy (non-hydrogen) atoms. The van der Waals surface area contributed by atoms with E-state index in [1.54, 1.807) is 34.0 Å². The molecule has 0 aliphatic carbocycles. The van der Waals surface area contributed by atoms with Crippen LogP contribution in [0.15, 0.2) is 4.99 Å². The van der Waals surface area contributed by atoms with Crippen LogP contribution in [0.2, 0.25) is 0 Å². The van der Waals surface area contributed by atoms with Crippen LogP contribution in [0.1, 0.15) is 98.8 Å². The van der Waals surface area contributed by atoms with Crippen molar-refractivity contribution in [2.24, 2.45) is 39.8 Å². The summed E-state index contributed by atoms with van der Waals surface area (Å²) in [5.74, 6) is -11.2. The highest BCUT2D eigenvalue weighted by molar-refractivity contribution is 7.98. The summed E-state index contributed by atoms with van der Waals surface area (Å²) >= 11 is 1.39. The van der Waals surface area contributed by atoms with E-state index in [1.165, 1.54) is 23.6 Å². The van der Waals surface area contributed by atoms with Crippen LogP contribution in [-0.2, 0) is 57.5 Å². The van der Waals surface area contributed by atoms with Gasteiger partial charge >= 0.3 is 11.9 Å². The number of nitrogens with zero attached hydrogens (tertiary/aromatic N) is 2. The van der Waals surface area contributed by atoms with Gasteiger partial charge in [-0.15, -0.1) is 0 Å². The Bertz CT molecular complexity index is 1990. The van der Waals surface area contributed by atoms with Crippen molar-refractivity contribution in [3.05, 3.63) is 0 Å². The molecule has 0 aromatic carbocycles. The lowest BCUT2D eigenvalue weighted by atomic mass is 10.0. The van der Waals surface area contributed by atoms with E-state index >= 15 is 0 Å². The largest absolute Gasteiger partial charge is 0.481 e. The summed E-state index contributed by atoms with van der Waals surface area (Å²) in [4.78, 5) is 160. The Kier molecular flexibility index (Phi) is 29.1. The summed E-state index contributed by atoms with van der Waals surface area (Å²) in [5.41, 5.74) is 21.8. The van der Waals surface area contributed by atoms with Crippen molar-refractivity contribution in [1.29, 1.82) is 0 Å². The topological polar surface area (TPSA) is 461 Å². The third kappa shape index (κ3) is 25.4. The molecule has 8 atom stereocenters. The number of nitrogens with one attached hydrogen (secondary N) is 8. The van der Waals surface area contributed by atoms with E-state index in [0.717, 1.165) is 0 Å². The van der Waals surface area contributed by atoms with Gasteiger partial charge in [-0.1, -0.05) is 27.7 Å². The number of hydrogen-bond acceptors (Lipinski definition) is 15. The Labute approximate surface area is 427 Å². The van der Waals surface area contributed by atoms with Gasteiger partial charge in [0.1, 0.15) is 48.8 Å². The lowest BCUT2D eigenvalue weighted by molar-refractivity contribution is -0.140. The highest BCUT2D eigenvalue weighted by Gasteiger charge is 2.38. The molecule has 10 amide bonds. The van der Waals surface area contributed by atoms with E-state index in [1.807, 2.05) is 0 Å². The Morgan fingerprint density at radius 2 is 1.10 bits per heavy atom. The van der Waals surface area contributed by atoms with Crippen molar-refractivity contribution in [3.63, 3.8) is 0 Å². The number of aliphatic imine (C=N–C) groups is 1. The van der Waals surface area contributed by atoms with Crippen molar-refractivity contribution >= 4 is 88.7 Å². The predicted molar refractivity (Wildman–Crippen MR) is 266 cm³/mol. The monoisotopic (exact) mass is 1060 g/mol. The molecular formula is C44H76N14O14S. The average molecular weight is 1060 g/mol. The van der Waals surface area contributed by atoms with Crippen LogP contribution in [0.4, 0.5) is 0 Å². The summed E-state index contributed by atoms with van der Waals surface area (Å²) in [7, 11) is 0. The zero-order valence-electron chi connectivity index (χ0n) is 42.3. The van der Waals surface area contributed by atoms with Crippen molar-refractivity contribution in [2.45, 2.75) is 147 Å². The molecule has 1 aliphatic rings. The molecule has 1 saturated heterocycles. The maximum absolute atomic E-state index is 14.0. The van der Waals surface area contributed by atoms with Crippen molar-refractivity contribution in [1.82, 2.24) is 47.4 Å². The van der Waals surface area contributed by atoms with E-state index in [9.17, 15) is 62.6 Å². The molecule has 28 nitrogen and oxygen atoms in total. The standard InChI is InChI=1S/C44H76N14O14S/c1-22(2)17-28(56-40(69)26(11-12-34(61)62)52-42(71)30(19-32(46)59)55-36(65)24(5)45)38(67)50-20-33(60)58-15-8-10-31(58)43(72)54-25(9-7-14-49-44(47)48)39(68)57-29(18-23(3)4)41(70)53-27(13-16-73-6)37(66)51-21-35(63)64/h22-31H,7-21,45H2,1-6H3,(H2,46,59)(H,50,67)(H,51,66)(H,52,71)(H,53,70)(H,54,72)(H,55,65)(H,56,69)(H,57,68)(H,61,62)(H,63,64)(H4,47,48,49)/t24-,25-,26-,27-,28-,29-,30-,31-/m0/s1. The third-order valence-electron chi connectivity index (χ3n) is 10.9. The van der Waals surface area contributed by atoms with Crippen LogP contribution in [-0.4, -0.2) is 179 Å². The van der Waals surface area contributed by atoms with Crippen molar-refractivity contribution < 1.29 is 67.7 Å². The first kappa shape index (κ1) is 64.2. The number of aliphatic carboxylic acids is 2. The van der Waals surface area contributed by atoms with Gasteiger partial charge in [0.2, 0.25) is 59.1 Å². The van der Waals surface area contributed by atoms with Crippen LogP contribution in [0.25, 0.3) is 0 Å². The van der Waals surface area contributed by atoms with E-state index in [4.69, 9.17) is 28.0 Å². The fourth-order valence-electron chi connectivity index (χ4n) is 7.30. The van der Waals surface area contributed by atoms with Gasteiger partial charge in [0, 0.05) is 19.5 Å². The maximum Gasteiger partial charge on any atom is 0.322 e. The Hall–Kier alpha value is -6.78. The van der Waals surface area contributed by atoms with E-state index < -0.39 is 152 Å². The number of thioether (sulfide) groups is 1. The zero-order valence-corrected chi connectivity index (χ0v) is 43.1. The van der Waals surface area contributed by atoms with Gasteiger partial charge in [-0.25, -0.2) is 0 Å². The molecule has 1 fully saturated rings. The minimum atomic E-state index is -1.60. The van der Waals surface area contributed by atoms with E-state index in [0.29, 0.717) is 12.2 Å². The zero-order chi connectivity index (χ0) is 55.5. The lowest BCUT2D eigenvalue weighted by Gasteiger charge is -2.29. The second kappa shape index (κ2) is 33.0. The van der Waals surface area contributed by atoms with Crippen molar-refractivity contribution in [2.75, 3.05) is 38.2 Å². The fraction of sp³-hybridized carbons (Fsp3) is 0.705. The fourth-order valence-corrected chi connectivity index (χ4v) is 7.77. The second-order valence-electron chi connectivity index (χ2n) is 18.3. The van der Waals surface area contributed by atoms with Gasteiger partial charge in [0.15, 0.2) is 5.96 Å². The summed E-state index contributed by atoms with van der Waals surface area (Å²) in [6.07, 6.45) is 0.924. The first-order chi connectivity index (χ1) is 34.2. The summed E-state index contributed by atoms with van der Waals surface area (Å²) in [5, 5.41) is 38.1. The minimum absolute atomic E-state index is 0.00188. The molecule has 0 radical (unpaired) electrons. The number of nitrogens with two attached hydrogens (primary N) is 4. The first-order valence-corrected chi connectivity index (χ1v) is 25.2. The molecule has 1 aliphatic heterocycles. The molecule has 18 N–H and O–H groups in total. The molecule has 0 bridgehead atoms. The molecule has 0 unspecified atom stereocenters. The Morgan fingerprint density at radius 1 is 0.616 bits per heavy atom. The predicted octanol–water partition coefficient (Wildman–Crippen LogP) is -4.81. The Balaban J connectivity index is 3.30. The average Bonchev–Trinajstić information content (AvgIpc) is 3.80. The van der Waals surface area contributed by atoms with Crippen LogP contribution >= 0.6 is 11.8 Å². The maximum atomic E-state index is 14.0. The smallest absolute Gasteiger partial charge is 0.322 e. The van der Waals surface area contributed by atoms with Crippen molar-refractivity contribution in [3.8, 4) is 0 Å². The molecule has 412 valence electrons. The number of amides is 10. The number of carbonyl (C=O) groups excluding carboxylic acids is 10. The first-order valence-electron chi connectivity index (χ1n) is 23.9. The molecule has 0 saturated carbocycles. The van der Waals surface area contributed by atoms with E-state index in [2.05, 4.69) is 47.5 Å². The van der Waals surface area contributed by atoms with Crippen LogP contribution < -0.4 is 65.5 Å². The van der Waals surface area contributed by atoms with E-state index in [-0.39, 0.29) is 69.4 Å². The van der Waals surface area contributed by atoms with Gasteiger partial charge < -0.3 is 80.6 Å². The lowest BCUT2D eigenvalue weighted by Crippen LogP contribution is -2.59. The molecular weight excluding hydrogens is 981 g/mol. The summed E-state index contributed by atoms with van der Waals surface area (Å²) in [6, 6.07) is -10.4. The molecule has 1 heterocycles. The number of guanidine groups is 1. The van der Waals surface area contributed by atoms with Gasteiger partial charge in [-0.3, -0.25) is 62.5 Å². The summed E-state index contributed by atoms with van der Waals surface area (Å²) < 4.78 is 0. The number of likely N-dealkylation sites (tertiary alicyclic amines) is 1. The van der Waals surface area contributed by atoms with Crippen LogP contribution in [0.3, 0.4) is 0 Å². The minimum Gasteiger partial charge on any atom is -0.481 e. The number of hydrogen-bond donors (Lipinski definition) is 14. The normalized spacial score (nSPS) is 16.0. The number of carbonyl (C=O) groups is 12. The molecule has 0 aromatic rings. The summed E-state index contributed by atoms with van der Waals surface area (Å²) in [6.45, 7) is 7.19. The quantitative estimate of drug-likeness (QED) is 0.0163. The highest BCUT2D eigenvalue weighted by Crippen LogP contribution is 2.19. The van der Waals surface area contributed by atoms with Gasteiger partial charge in [0.05, 0.1) is 19.0 Å². The number of primary amides is 1. The third-order valence-corrected chi connectivity index (χ3v) is 11.6. The number of carboxylic acids is 2. The molecule has 29 heteroatoms. The SMILES string of the molecule is CSCC[C@H](NC(=O)[C@H](CC(C)C)NC(=O)[C@H](CCCN=C(N)N)NC(=O)[C@@H]1CCCN1C(=O)CNC(=O)[C@H](CC(C)C)NC(=O)[C@H](CCC(=O)O)NC(=O)[C@H](CC(N)=O)NC(=O)[C@H](C)N)C(=O)NCC(=O)O. The second-order valence-corrected chi connectivity index (χ2v) is 19.3. The molecule has 0 aromatic heterocycles. The molecule has 0 spiro atoms. The van der Waals surface area contributed by atoms with Crippen LogP contribution in [0.5, 0.6) is 0 Å². The van der Waals surface area contributed by atoms with Crippen LogP contribution in [0, 0.1) is 11.8 Å². The number of carboxylic acid groups (broad SMARTS) is 2. The van der Waals surface area contributed by atoms with Gasteiger partial charge in [-0.05, 0) is 82.1 Å². The van der Waals surface area contributed by atoms with Gasteiger partial charge in [-0.2, -0.15) is 11.8 Å². The highest BCUT2D eigenvalue weighted by atomic mass is 32.2. The van der Waals surface area contributed by atoms with Gasteiger partial charge in [0.25, 0.3) is 0 Å². The number of rotatable bonds is 34. The molecule has 1 rings (SSSR count).